The van der Waals surface area contributed by atoms with Crippen LogP contribution in [0.5, 0.6) is 0 Å². The highest BCUT2D eigenvalue weighted by molar-refractivity contribution is 5.79. The first-order valence-electron chi connectivity index (χ1n) is 11.7. The Morgan fingerprint density at radius 1 is 0.931 bits per heavy atom. The van der Waals surface area contributed by atoms with Gasteiger partial charge < -0.3 is 10.5 Å². The van der Waals surface area contributed by atoms with Crippen molar-refractivity contribution in [3.05, 3.63) is 0 Å². The third kappa shape index (κ3) is 8.39. The van der Waals surface area contributed by atoms with Gasteiger partial charge in [-0.3, -0.25) is 9.59 Å². The SMILES string of the molecule is CC[C@H](CC[C@H](C)[C@H](CC)CC[C@@](C)(N)C(C)(C)C(C(C)=O)C(C)C)OC(C)=O. The molecule has 4 nitrogen and oxygen atoms in total. The maximum Gasteiger partial charge on any atom is 0.302 e. The van der Waals surface area contributed by atoms with Gasteiger partial charge >= 0.3 is 5.97 Å². The predicted molar refractivity (Wildman–Crippen MR) is 123 cm³/mol. The minimum atomic E-state index is -0.412. The van der Waals surface area contributed by atoms with Gasteiger partial charge in [0, 0.05) is 18.4 Å². The highest BCUT2D eigenvalue weighted by Crippen LogP contribution is 2.44. The van der Waals surface area contributed by atoms with Crippen molar-refractivity contribution >= 4 is 11.8 Å². The van der Waals surface area contributed by atoms with Crippen LogP contribution in [0.3, 0.4) is 0 Å². The number of ether oxygens (including phenoxy) is 1. The minimum absolute atomic E-state index is 0.0218. The number of esters is 1. The van der Waals surface area contributed by atoms with Crippen LogP contribution in [0.1, 0.15) is 108 Å². The molecule has 0 fully saturated rings. The van der Waals surface area contributed by atoms with Crippen molar-refractivity contribution in [1.29, 1.82) is 0 Å². The fraction of sp³-hybridized carbons (Fsp3) is 0.920. The summed E-state index contributed by atoms with van der Waals surface area (Å²) in [5, 5.41) is 0. The van der Waals surface area contributed by atoms with Crippen LogP contribution in [0.2, 0.25) is 0 Å². The molecule has 5 atom stereocenters. The molecule has 0 heterocycles. The molecule has 0 aliphatic rings. The highest BCUT2D eigenvalue weighted by atomic mass is 16.5. The summed E-state index contributed by atoms with van der Waals surface area (Å²) in [6, 6.07) is 0. The van der Waals surface area contributed by atoms with Crippen LogP contribution < -0.4 is 5.73 Å². The van der Waals surface area contributed by atoms with E-state index >= 15 is 0 Å². The Morgan fingerprint density at radius 2 is 1.48 bits per heavy atom. The zero-order valence-corrected chi connectivity index (χ0v) is 20.9. The number of nitrogens with two attached hydrogens (primary N) is 1. The summed E-state index contributed by atoms with van der Waals surface area (Å²) >= 11 is 0. The Bertz CT molecular complexity index is 510. The van der Waals surface area contributed by atoms with E-state index < -0.39 is 5.54 Å². The Labute approximate surface area is 180 Å². The number of Topliss-reactive ketones (excluding diaryl/α,β-unsaturated/α-hetero) is 1. The van der Waals surface area contributed by atoms with Crippen LogP contribution in [-0.4, -0.2) is 23.4 Å². The number of hydrogen-bond donors (Lipinski definition) is 1. The average molecular weight is 412 g/mol. The van der Waals surface area contributed by atoms with E-state index in [1.807, 2.05) is 0 Å². The summed E-state index contributed by atoms with van der Waals surface area (Å²) in [4.78, 5) is 23.6. The van der Waals surface area contributed by atoms with Gasteiger partial charge in [0.15, 0.2) is 0 Å². The fourth-order valence-corrected chi connectivity index (χ4v) is 5.13. The molecule has 0 saturated heterocycles. The predicted octanol–water partition coefficient (Wildman–Crippen LogP) is 6.16. The Balaban J connectivity index is 5.04. The molecule has 29 heavy (non-hydrogen) atoms. The van der Waals surface area contributed by atoms with Crippen LogP contribution in [-0.2, 0) is 14.3 Å². The van der Waals surface area contributed by atoms with Crippen LogP contribution >= 0.6 is 0 Å². The monoisotopic (exact) mass is 411 g/mol. The molecule has 0 spiro atoms. The molecule has 0 amide bonds. The molecule has 0 aliphatic heterocycles. The van der Waals surface area contributed by atoms with Crippen molar-refractivity contribution < 1.29 is 14.3 Å². The highest BCUT2D eigenvalue weighted by Gasteiger charge is 2.46. The largest absolute Gasteiger partial charge is 0.463 e. The first-order valence-corrected chi connectivity index (χ1v) is 11.7. The third-order valence-electron chi connectivity index (χ3n) is 7.45. The quantitative estimate of drug-likeness (QED) is 0.348. The molecule has 1 unspecified atom stereocenters. The molecule has 0 aromatic carbocycles. The van der Waals surface area contributed by atoms with Crippen LogP contribution in [0.15, 0.2) is 0 Å². The number of ketones is 1. The summed E-state index contributed by atoms with van der Waals surface area (Å²) < 4.78 is 5.40. The van der Waals surface area contributed by atoms with Crippen molar-refractivity contribution in [3.8, 4) is 0 Å². The van der Waals surface area contributed by atoms with Crippen molar-refractivity contribution in [1.82, 2.24) is 0 Å². The first-order chi connectivity index (χ1) is 13.2. The summed E-state index contributed by atoms with van der Waals surface area (Å²) in [5.74, 6) is 1.42. The smallest absolute Gasteiger partial charge is 0.302 e. The van der Waals surface area contributed by atoms with E-state index in [-0.39, 0.29) is 35.1 Å². The van der Waals surface area contributed by atoms with Gasteiger partial charge in [-0.15, -0.1) is 0 Å². The number of rotatable bonds is 14. The first kappa shape index (κ1) is 28.1. The molecule has 0 aromatic rings. The van der Waals surface area contributed by atoms with Gasteiger partial charge in [-0.05, 0) is 69.1 Å². The molecule has 0 aromatic heterocycles. The van der Waals surface area contributed by atoms with Gasteiger partial charge in [0.1, 0.15) is 11.9 Å². The number of hydrogen-bond acceptors (Lipinski definition) is 4. The lowest BCUT2D eigenvalue weighted by Gasteiger charge is -2.48. The second-order valence-corrected chi connectivity index (χ2v) is 10.4. The molecule has 4 heteroatoms. The maximum atomic E-state index is 12.3. The third-order valence-corrected chi connectivity index (χ3v) is 7.45. The number of carbonyl (C=O) groups is 2. The molecule has 0 rings (SSSR count). The summed E-state index contributed by atoms with van der Waals surface area (Å²) in [6.07, 6.45) is 5.92. The molecule has 0 saturated carbocycles. The van der Waals surface area contributed by atoms with E-state index in [1.165, 1.54) is 6.92 Å². The van der Waals surface area contributed by atoms with E-state index in [0.717, 1.165) is 38.5 Å². The van der Waals surface area contributed by atoms with Crippen molar-refractivity contribution in [2.45, 2.75) is 119 Å². The molecular weight excluding hydrogens is 362 g/mol. The van der Waals surface area contributed by atoms with E-state index in [1.54, 1.807) is 6.92 Å². The minimum Gasteiger partial charge on any atom is -0.463 e. The van der Waals surface area contributed by atoms with Crippen LogP contribution in [0.4, 0.5) is 0 Å². The lowest BCUT2D eigenvalue weighted by molar-refractivity contribution is -0.147. The van der Waals surface area contributed by atoms with Crippen molar-refractivity contribution in [2.24, 2.45) is 34.8 Å². The number of carbonyl (C=O) groups excluding carboxylic acids is 2. The molecule has 2 N–H and O–H groups in total. The van der Waals surface area contributed by atoms with Crippen molar-refractivity contribution in [3.63, 3.8) is 0 Å². The van der Waals surface area contributed by atoms with Gasteiger partial charge in [-0.25, -0.2) is 0 Å². The second kappa shape index (κ2) is 12.1. The van der Waals surface area contributed by atoms with Crippen molar-refractivity contribution in [2.75, 3.05) is 0 Å². The average Bonchev–Trinajstić information content (AvgIpc) is 2.57. The summed E-state index contributed by atoms with van der Waals surface area (Å²) in [6.45, 7) is 20.5. The zero-order valence-electron chi connectivity index (χ0n) is 20.9. The zero-order chi connectivity index (χ0) is 23.0. The molecule has 172 valence electrons. The van der Waals surface area contributed by atoms with E-state index in [2.05, 4.69) is 55.4 Å². The van der Waals surface area contributed by atoms with Gasteiger partial charge in [-0.2, -0.15) is 0 Å². The molecule has 0 radical (unpaired) electrons. The van der Waals surface area contributed by atoms with E-state index in [0.29, 0.717) is 11.8 Å². The van der Waals surface area contributed by atoms with Gasteiger partial charge in [0.25, 0.3) is 0 Å². The molecule has 0 aliphatic carbocycles. The topological polar surface area (TPSA) is 69.4 Å². The Morgan fingerprint density at radius 3 is 1.86 bits per heavy atom. The van der Waals surface area contributed by atoms with E-state index in [9.17, 15) is 9.59 Å². The maximum absolute atomic E-state index is 12.3. The van der Waals surface area contributed by atoms with E-state index in [4.69, 9.17) is 10.5 Å². The van der Waals surface area contributed by atoms with Gasteiger partial charge in [0.2, 0.25) is 0 Å². The standard InChI is InChI=1S/C25H49NO3/c1-11-21(18(5)13-14-22(12-2)29-20(7)28)15-16-25(10,26)24(8,9)23(17(3)4)19(6)27/h17-18,21-23H,11-16,26H2,1-10H3/t18-,21+,22+,23?,25+/m0/s1. The lowest BCUT2D eigenvalue weighted by atomic mass is 9.59. The molecule has 0 bridgehead atoms. The Kier molecular flexibility index (Phi) is 11.7. The lowest BCUT2D eigenvalue weighted by Crippen LogP contribution is -2.56. The van der Waals surface area contributed by atoms with Crippen LogP contribution in [0.25, 0.3) is 0 Å². The van der Waals surface area contributed by atoms with Gasteiger partial charge in [-0.1, -0.05) is 54.9 Å². The molecular formula is C25H49NO3. The van der Waals surface area contributed by atoms with Gasteiger partial charge in [0.05, 0.1) is 0 Å². The second-order valence-electron chi connectivity index (χ2n) is 10.4. The summed E-state index contributed by atoms with van der Waals surface area (Å²) in [5.41, 5.74) is 6.18. The normalized spacial score (nSPS) is 18.6. The Hall–Kier alpha value is -0.900. The summed E-state index contributed by atoms with van der Waals surface area (Å²) in [7, 11) is 0. The fourth-order valence-electron chi connectivity index (χ4n) is 5.13. The van der Waals surface area contributed by atoms with Crippen LogP contribution in [0, 0.1) is 29.1 Å².